The van der Waals surface area contributed by atoms with Crippen molar-refractivity contribution in [2.24, 2.45) is 0 Å². The van der Waals surface area contributed by atoms with Gasteiger partial charge in [-0.1, -0.05) is 17.7 Å². The molecule has 3 rings (SSSR count). The van der Waals surface area contributed by atoms with E-state index in [1.54, 1.807) is 18.2 Å². The van der Waals surface area contributed by atoms with Gasteiger partial charge in [0.05, 0.1) is 6.20 Å². The molecule has 0 aliphatic carbocycles. The van der Waals surface area contributed by atoms with E-state index in [0.29, 0.717) is 16.8 Å². The van der Waals surface area contributed by atoms with Crippen LogP contribution in [0.2, 0.25) is 5.02 Å². The fourth-order valence-electron chi connectivity index (χ4n) is 2.25. The largest absolute Gasteiger partial charge is 0.339 e. The summed E-state index contributed by atoms with van der Waals surface area (Å²) in [5, 5.41) is 17.5. The van der Waals surface area contributed by atoms with E-state index < -0.39 is 0 Å². The van der Waals surface area contributed by atoms with E-state index in [1.165, 1.54) is 13.1 Å². The SMILES string of the molecule is CC(=O)Nc1ccc(Nc2cnnc(Nc3cc(Cl)ccc3C)n2)cc1. The Kier molecular flexibility index (Phi) is 5.28. The number of anilines is 5. The second-order valence-electron chi connectivity index (χ2n) is 5.63. The van der Waals surface area contributed by atoms with E-state index >= 15 is 0 Å². The molecule has 1 aromatic heterocycles. The van der Waals surface area contributed by atoms with E-state index in [9.17, 15) is 4.79 Å². The molecule has 0 saturated heterocycles. The summed E-state index contributed by atoms with van der Waals surface area (Å²) in [6.45, 7) is 3.43. The highest BCUT2D eigenvalue weighted by Crippen LogP contribution is 2.23. The molecule has 0 aliphatic rings. The van der Waals surface area contributed by atoms with Crippen LogP contribution in [-0.4, -0.2) is 21.1 Å². The number of nitrogens with zero attached hydrogens (tertiary/aromatic N) is 3. The molecule has 132 valence electrons. The number of carbonyl (C=O) groups excluding carboxylic acids is 1. The lowest BCUT2D eigenvalue weighted by molar-refractivity contribution is -0.114. The van der Waals surface area contributed by atoms with Crippen LogP contribution in [0.4, 0.5) is 28.8 Å². The van der Waals surface area contributed by atoms with Gasteiger partial charge >= 0.3 is 0 Å². The molecule has 0 radical (unpaired) electrons. The van der Waals surface area contributed by atoms with Crippen LogP contribution in [0.5, 0.6) is 0 Å². The minimum absolute atomic E-state index is 0.113. The Bertz CT molecular complexity index is 929. The van der Waals surface area contributed by atoms with Crippen LogP contribution >= 0.6 is 11.6 Å². The summed E-state index contributed by atoms with van der Waals surface area (Å²) in [7, 11) is 0. The van der Waals surface area contributed by atoms with E-state index in [4.69, 9.17) is 11.6 Å². The third-order valence-corrected chi connectivity index (χ3v) is 3.72. The minimum Gasteiger partial charge on any atom is -0.339 e. The first-order chi connectivity index (χ1) is 12.5. The predicted molar refractivity (Wildman–Crippen MR) is 103 cm³/mol. The third kappa shape index (κ3) is 4.67. The number of carbonyl (C=O) groups is 1. The molecule has 3 aromatic rings. The molecule has 26 heavy (non-hydrogen) atoms. The molecule has 1 heterocycles. The molecule has 0 bridgehead atoms. The van der Waals surface area contributed by atoms with Gasteiger partial charge in [-0.05, 0) is 48.9 Å². The molecule has 0 saturated carbocycles. The zero-order valence-corrected chi connectivity index (χ0v) is 15.0. The van der Waals surface area contributed by atoms with E-state index in [-0.39, 0.29) is 5.91 Å². The lowest BCUT2D eigenvalue weighted by atomic mass is 10.2. The maximum atomic E-state index is 11.1. The summed E-state index contributed by atoms with van der Waals surface area (Å²) in [5.41, 5.74) is 3.37. The molecule has 7 nitrogen and oxygen atoms in total. The smallest absolute Gasteiger partial charge is 0.249 e. The maximum Gasteiger partial charge on any atom is 0.249 e. The normalized spacial score (nSPS) is 10.3. The summed E-state index contributed by atoms with van der Waals surface area (Å²) in [6.07, 6.45) is 1.53. The third-order valence-electron chi connectivity index (χ3n) is 3.48. The van der Waals surface area contributed by atoms with E-state index in [0.717, 1.165) is 22.6 Å². The number of hydrogen-bond acceptors (Lipinski definition) is 6. The highest BCUT2D eigenvalue weighted by molar-refractivity contribution is 6.30. The molecular formula is C18H17ClN6O. The Morgan fingerprint density at radius 2 is 1.77 bits per heavy atom. The molecule has 1 amide bonds. The average molecular weight is 369 g/mol. The highest BCUT2D eigenvalue weighted by Gasteiger charge is 2.05. The maximum absolute atomic E-state index is 11.1. The van der Waals surface area contributed by atoms with Crippen molar-refractivity contribution in [2.45, 2.75) is 13.8 Å². The predicted octanol–water partition coefficient (Wildman–Crippen LogP) is 4.28. The molecule has 8 heteroatoms. The van der Waals surface area contributed by atoms with Gasteiger partial charge < -0.3 is 16.0 Å². The van der Waals surface area contributed by atoms with E-state index in [2.05, 4.69) is 31.1 Å². The van der Waals surface area contributed by atoms with Gasteiger partial charge in [-0.25, -0.2) is 0 Å². The molecule has 0 spiro atoms. The summed E-state index contributed by atoms with van der Waals surface area (Å²) in [4.78, 5) is 15.5. The van der Waals surface area contributed by atoms with Gasteiger partial charge in [0.2, 0.25) is 11.9 Å². The van der Waals surface area contributed by atoms with Crippen LogP contribution < -0.4 is 16.0 Å². The monoisotopic (exact) mass is 368 g/mol. The van der Waals surface area contributed by atoms with Crippen LogP contribution in [0.15, 0.2) is 48.7 Å². The molecule has 0 unspecified atom stereocenters. The fourth-order valence-corrected chi connectivity index (χ4v) is 2.43. The quantitative estimate of drug-likeness (QED) is 0.622. The van der Waals surface area contributed by atoms with Crippen LogP contribution in [-0.2, 0) is 4.79 Å². The van der Waals surface area contributed by atoms with Crippen molar-refractivity contribution < 1.29 is 4.79 Å². The second kappa shape index (κ2) is 7.79. The molecule has 3 N–H and O–H groups in total. The van der Waals surface area contributed by atoms with Gasteiger partial charge in [0.15, 0.2) is 5.82 Å². The van der Waals surface area contributed by atoms with Gasteiger partial charge in [0.25, 0.3) is 0 Å². The van der Waals surface area contributed by atoms with Crippen LogP contribution in [0.25, 0.3) is 0 Å². The van der Waals surface area contributed by atoms with Crippen molar-refractivity contribution in [3.8, 4) is 0 Å². The molecule has 0 atom stereocenters. The summed E-state index contributed by atoms with van der Waals surface area (Å²) in [6, 6.07) is 12.8. The van der Waals surface area contributed by atoms with Gasteiger partial charge in [0.1, 0.15) is 0 Å². The summed E-state index contributed by atoms with van der Waals surface area (Å²) in [5.74, 6) is 0.780. The first-order valence-corrected chi connectivity index (χ1v) is 8.25. The van der Waals surface area contributed by atoms with Crippen LogP contribution in [0.1, 0.15) is 12.5 Å². The Balaban J connectivity index is 1.73. The standard InChI is InChI=1S/C18H17ClN6O/c1-11-3-4-13(19)9-16(11)23-18-24-17(10-20-25-18)22-15-7-5-14(6-8-15)21-12(2)26/h3-10H,1-2H3,(H,21,26)(H2,22,23,24,25). The van der Waals surface area contributed by atoms with Crippen molar-refractivity contribution in [1.82, 2.24) is 15.2 Å². The van der Waals surface area contributed by atoms with Crippen molar-refractivity contribution in [3.63, 3.8) is 0 Å². The van der Waals surface area contributed by atoms with Crippen molar-refractivity contribution in [1.29, 1.82) is 0 Å². The molecular weight excluding hydrogens is 352 g/mol. The van der Waals surface area contributed by atoms with Crippen LogP contribution in [0, 0.1) is 6.92 Å². The number of amides is 1. The van der Waals surface area contributed by atoms with Crippen LogP contribution in [0.3, 0.4) is 0 Å². The Labute approximate surface area is 155 Å². The lowest BCUT2D eigenvalue weighted by Crippen LogP contribution is -2.05. The average Bonchev–Trinajstić information content (AvgIpc) is 2.60. The number of aryl methyl sites for hydroxylation is 1. The Hall–Kier alpha value is -3.19. The van der Waals surface area contributed by atoms with E-state index in [1.807, 2.05) is 31.2 Å². The lowest BCUT2D eigenvalue weighted by Gasteiger charge is -2.10. The van der Waals surface area contributed by atoms with Crippen molar-refractivity contribution in [3.05, 3.63) is 59.2 Å². The molecule has 0 fully saturated rings. The first-order valence-electron chi connectivity index (χ1n) is 7.87. The number of benzene rings is 2. The number of nitrogens with one attached hydrogen (secondary N) is 3. The number of hydrogen-bond donors (Lipinski definition) is 3. The summed E-state index contributed by atoms with van der Waals surface area (Å²) < 4.78 is 0. The summed E-state index contributed by atoms with van der Waals surface area (Å²) >= 11 is 6.03. The second-order valence-corrected chi connectivity index (χ2v) is 6.07. The first kappa shape index (κ1) is 17.6. The fraction of sp³-hybridized carbons (Fsp3) is 0.111. The van der Waals surface area contributed by atoms with Gasteiger partial charge in [-0.2, -0.15) is 10.1 Å². The number of rotatable bonds is 5. The molecule has 0 aliphatic heterocycles. The molecule has 2 aromatic carbocycles. The van der Waals surface area contributed by atoms with Gasteiger partial charge in [-0.15, -0.1) is 5.10 Å². The number of aromatic nitrogens is 3. The van der Waals surface area contributed by atoms with Gasteiger partial charge in [-0.3, -0.25) is 4.79 Å². The Morgan fingerprint density at radius 1 is 1.04 bits per heavy atom. The zero-order valence-electron chi connectivity index (χ0n) is 14.2. The Morgan fingerprint density at radius 3 is 2.50 bits per heavy atom. The minimum atomic E-state index is -0.113. The van der Waals surface area contributed by atoms with Crippen molar-refractivity contribution in [2.75, 3.05) is 16.0 Å². The van der Waals surface area contributed by atoms with Crippen molar-refractivity contribution >= 4 is 46.3 Å². The topological polar surface area (TPSA) is 91.8 Å². The number of halogens is 1. The highest BCUT2D eigenvalue weighted by atomic mass is 35.5. The van der Waals surface area contributed by atoms with Gasteiger partial charge in [0, 0.05) is 29.0 Å². The zero-order chi connectivity index (χ0) is 18.5.